The van der Waals surface area contributed by atoms with E-state index < -0.39 is 12.1 Å². The van der Waals surface area contributed by atoms with Gasteiger partial charge in [0.15, 0.2) is 0 Å². The fraction of sp³-hybridized carbons (Fsp3) is 0.750. The van der Waals surface area contributed by atoms with Crippen molar-refractivity contribution in [3.8, 4) is 0 Å². The summed E-state index contributed by atoms with van der Waals surface area (Å²) in [5.41, 5.74) is 0.879. The molecule has 12 heavy (non-hydrogen) atoms. The Morgan fingerprint density at radius 3 is 3.08 bits per heavy atom. The minimum atomic E-state index is -0.926. The zero-order valence-corrected chi connectivity index (χ0v) is 7.12. The lowest BCUT2D eigenvalue weighted by Gasteiger charge is -1.99. The van der Waals surface area contributed by atoms with Gasteiger partial charge in [-0.2, -0.15) is 0 Å². The molecule has 1 N–H and O–H groups in total. The van der Waals surface area contributed by atoms with Gasteiger partial charge in [0.1, 0.15) is 0 Å². The molecule has 1 unspecified atom stereocenters. The molecular weight excluding hydrogens is 158 g/mol. The Balaban J connectivity index is 2.28. The summed E-state index contributed by atoms with van der Waals surface area (Å²) in [4.78, 5) is 15.1. The van der Waals surface area contributed by atoms with Crippen molar-refractivity contribution in [3.05, 3.63) is 0 Å². The van der Waals surface area contributed by atoms with Gasteiger partial charge < -0.3 is 9.94 Å². The van der Waals surface area contributed by atoms with Gasteiger partial charge in [0.25, 0.3) is 0 Å². The quantitative estimate of drug-likeness (QED) is 0.695. The Morgan fingerprint density at radius 1 is 1.83 bits per heavy atom. The first-order chi connectivity index (χ1) is 5.74. The van der Waals surface area contributed by atoms with E-state index in [-0.39, 0.29) is 0 Å². The smallest absolute Gasteiger partial charge is 0.348 e. The van der Waals surface area contributed by atoms with Crippen LogP contribution >= 0.6 is 0 Å². The number of rotatable bonds is 4. The first-order valence-corrected chi connectivity index (χ1v) is 4.18. The molecule has 0 aliphatic carbocycles. The lowest BCUT2D eigenvalue weighted by atomic mass is 10.1. The second-order valence-corrected chi connectivity index (χ2v) is 2.90. The van der Waals surface area contributed by atoms with Crippen LogP contribution in [-0.4, -0.2) is 22.9 Å². The van der Waals surface area contributed by atoms with Gasteiger partial charge in [-0.25, -0.2) is 4.79 Å². The molecule has 0 spiro atoms. The molecule has 0 fully saturated rings. The van der Waals surface area contributed by atoms with Crippen LogP contribution in [0.3, 0.4) is 0 Å². The van der Waals surface area contributed by atoms with Crippen LogP contribution in [0.25, 0.3) is 0 Å². The predicted octanol–water partition coefficient (Wildman–Crippen LogP) is 1.41. The van der Waals surface area contributed by atoms with Crippen LogP contribution in [0.1, 0.15) is 32.6 Å². The van der Waals surface area contributed by atoms with Gasteiger partial charge in [-0.15, -0.1) is 0 Å². The monoisotopic (exact) mass is 171 g/mol. The topological polar surface area (TPSA) is 58.9 Å². The molecule has 68 valence electrons. The molecule has 0 aromatic carbocycles. The number of carboxylic acids is 1. The fourth-order valence-corrected chi connectivity index (χ4v) is 1.09. The molecule has 4 heteroatoms. The van der Waals surface area contributed by atoms with Crippen LogP contribution in [0.2, 0.25) is 0 Å². The number of carbonyl (C=O) groups is 1. The van der Waals surface area contributed by atoms with Crippen molar-refractivity contribution < 1.29 is 14.7 Å². The van der Waals surface area contributed by atoms with Crippen molar-refractivity contribution in [2.45, 2.75) is 38.7 Å². The van der Waals surface area contributed by atoms with Crippen LogP contribution in [-0.2, 0) is 9.63 Å². The van der Waals surface area contributed by atoms with E-state index in [4.69, 9.17) is 9.94 Å². The summed E-state index contributed by atoms with van der Waals surface area (Å²) in [5.74, 6) is -0.926. The molecule has 0 bridgehead atoms. The van der Waals surface area contributed by atoms with Crippen molar-refractivity contribution in [1.82, 2.24) is 0 Å². The van der Waals surface area contributed by atoms with E-state index in [0.29, 0.717) is 6.42 Å². The van der Waals surface area contributed by atoms with Gasteiger partial charge in [-0.3, -0.25) is 0 Å². The van der Waals surface area contributed by atoms with E-state index in [1.807, 2.05) is 0 Å². The zero-order valence-electron chi connectivity index (χ0n) is 7.12. The number of hydrogen-bond donors (Lipinski definition) is 1. The maximum atomic E-state index is 10.4. The molecule has 1 aliphatic heterocycles. The van der Waals surface area contributed by atoms with Gasteiger partial charge in [0, 0.05) is 6.42 Å². The number of carboxylic acid groups (broad SMARTS) is 1. The van der Waals surface area contributed by atoms with Crippen molar-refractivity contribution in [3.63, 3.8) is 0 Å². The Morgan fingerprint density at radius 2 is 2.58 bits per heavy atom. The Hall–Kier alpha value is -1.06. The van der Waals surface area contributed by atoms with Crippen molar-refractivity contribution in [2.24, 2.45) is 5.16 Å². The van der Waals surface area contributed by atoms with Gasteiger partial charge in [-0.1, -0.05) is 18.5 Å². The summed E-state index contributed by atoms with van der Waals surface area (Å²) in [6, 6.07) is 0. The third-order valence-corrected chi connectivity index (χ3v) is 1.82. The Kier molecular flexibility index (Phi) is 3.08. The molecule has 1 atom stereocenters. The third-order valence-electron chi connectivity index (χ3n) is 1.82. The second-order valence-electron chi connectivity index (χ2n) is 2.90. The molecule has 0 aromatic heterocycles. The maximum Gasteiger partial charge on any atom is 0.348 e. The predicted molar refractivity (Wildman–Crippen MR) is 44.1 cm³/mol. The molecule has 1 heterocycles. The fourth-order valence-electron chi connectivity index (χ4n) is 1.09. The molecule has 0 saturated carbocycles. The van der Waals surface area contributed by atoms with Crippen molar-refractivity contribution in [1.29, 1.82) is 0 Å². The summed E-state index contributed by atoms with van der Waals surface area (Å²) < 4.78 is 0. The average Bonchev–Trinajstić information content (AvgIpc) is 2.48. The number of unbranched alkanes of at least 4 members (excludes halogenated alkanes) is 1. The molecule has 4 nitrogen and oxygen atoms in total. The molecule has 0 radical (unpaired) electrons. The van der Waals surface area contributed by atoms with E-state index in [9.17, 15) is 4.79 Å². The number of hydrogen-bond acceptors (Lipinski definition) is 3. The number of oxime groups is 1. The Labute approximate surface area is 71.2 Å². The molecule has 0 aromatic rings. The minimum Gasteiger partial charge on any atom is -0.478 e. The van der Waals surface area contributed by atoms with Crippen LogP contribution in [0, 0.1) is 0 Å². The van der Waals surface area contributed by atoms with E-state index in [1.165, 1.54) is 0 Å². The van der Waals surface area contributed by atoms with Crippen LogP contribution in [0.15, 0.2) is 5.16 Å². The summed E-state index contributed by atoms with van der Waals surface area (Å²) >= 11 is 0. The summed E-state index contributed by atoms with van der Waals surface area (Å²) in [6.45, 7) is 2.09. The molecule has 0 amide bonds. The van der Waals surface area contributed by atoms with Crippen LogP contribution in [0.4, 0.5) is 0 Å². The summed E-state index contributed by atoms with van der Waals surface area (Å²) in [5, 5.41) is 12.3. The van der Waals surface area contributed by atoms with Crippen molar-refractivity contribution >= 4 is 11.7 Å². The summed E-state index contributed by atoms with van der Waals surface area (Å²) in [7, 11) is 0. The third kappa shape index (κ3) is 2.22. The van der Waals surface area contributed by atoms with E-state index in [0.717, 1.165) is 25.0 Å². The first kappa shape index (κ1) is 9.03. The number of aliphatic carboxylic acids is 1. The highest BCUT2D eigenvalue weighted by molar-refractivity contribution is 5.90. The van der Waals surface area contributed by atoms with Crippen LogP contribution < -0.4 is 0 Å². The molecule has 0 saturated heterocycles. The van der Waals surface area contributed by atoms with Gasteiger partial charge in [-0.05, 0) is 12.8 Å². The van der Waals surface area contributed by atoms with Gasteiger partial charge >= 0.3 is 5.97 Å². The van der Waals surface area contributed by atoms with Gasteiger partial charge in [0.05, 0.1) is 5.71 Å². The average molecular weight is 171 g/mol. The summed E-state index contributed by atoms with van der Waals surface area (Å²) in [6.07, 6.45) is 2.72. The first-order valence-electron chi connectivity index (χ1n) is 4.18. The van der Waals surface area contributed by atoms with E-state index in [2.05, 4.69) is 12.1 Å². The van der Waals surface area contributed by atoms with Crippen molar-refractivity contribution in [2.75, 3.05) is 0 Å². The lowest BCUT2D eigenvalue weighted by molar-refractivity contribution is -0.148. The standard InChI is InChI=1S/C8H13NO3/c1-2-3-4-6-5-7(8(10)11)12-9-6/h7H,2-5H2,1H3,(H,10,11). The highest BCUT2D eigenvalue weighted by Gasteiger charge is 2.26. The van der Waals surface area contributed by atoms with E-state index in [1.54, 1.807) is 0 Å². The molecular formula is C8H13NO3. The van der Waals surface area contributed by atoms with Gasteiger partial charge in [0.2, 0.25) is 6.10 Å². The SMILES string of the molecule is CCCCC1=NOC(C(=O)O)C1. The molecule has 1 aliphatic rings. The number of nitrogens with zero attached hydrogens (tertiary/aromatic N) is 1. The minimum absolute atomic E-state index is 0.454. The second kappa shape index (κ2) is 4.09. The normalized spacial score (nSPS) is 21.8. The Bertz CT molecular complexity index is 200. The van der Waals surface area contributed by atoms with E-state index >= 15 is 0 Å². The molecule has 1 rings (SSSR count). The zero-order chi connectivity index (χ0) is 8.97. The largest absolute Gasteiger partial charge is 0.478 e. The highest BCUT2D eigenvalue weighted by atomic mass is 16.7. The lowest BCUT2D eigenvalue weighted by Crippen LogP contribution is -2.19. The maximum absolute atomic E-state index is 10.4. The highest BCUT2D eigenvalue weighted by Crippen LogP contribution is 2.14. The van der Waals surface area contributed by atoms with Crippen LogP contribution in [0.5, 0.6) is 0 Å².